The Morgan fingerprint density at radius 3 is 2.20 bits per heavy atom. The maximum absolute atomic E-state index is 11.9. The third-order valence-electron chi connectivity index (χ3n) is 3.24. The minimum Gasteiger partial charge on any atom is -0.426 e. The van der Waals surface area contributed by atoms with Gasteiger partial charge in [0, 0.05) is 19.5 Å². The fourth-order valence-electron chi connectivity index (χ4n) is 1.87. The number of carbonyl (C=O) groups excluding carboxylic acids is 2. The maximum atomic E-state index is 11.9. The molecule has 0 bridgehead atoms. The van der Waals surface area contributed by atoms with Crippen LogP contribution >= 0.6 is 0 Å². The van der Waals surface area contributed by atoms with Crippen LogP contribution in [0.25, 0.3) is 0 Å². The summed E-state index contributed by atoms with van der Waals surface area (Å²) >= 11 is 0. The zero-order valence-electron chi connectivity index (χ0n) is 12.7. The molecule has 0 aliphatic heterocycles. The van der Waals surface area contributed by atoms with Crippen LogP contribution in [0, 0.1) is 12.8 Å². The molecule has 0 saturated carbocycles. The first-order valence-corrected chi connectivity index (χ1v) is 7.04. The third-order valence-corrected chi connectivity index (χ3v) is 3.24. The van der Waals surface area contributed by atoms with E-state index in [0.29, 0.717) is 18.8 Å². The molecular weight excluding hydrogens is 254 g/mol. The third kappa shape index (κ3) is 4.68. The van der Waals surface area contributed by atoms with Crippen molar-refractivity contribution in [3.8, 4) is 5.75 Å². The average Bonchev–Trinajstić information content (AvgIpc) is 2.42. The lowest BCUT2D eigenvalue weighted by Crippen LogP contribution is -2.33. The highest BCUT2D eigenvalue weighted by atomic mass is 16.5. The summed E-state index contributed by atoms with van der Waals surface area (Å²) < 4.78 is 5.27. The molecule has 0 aliphatic carbocycles. The van der Waals surface area contributed by atoms with Crippen molar-refractivity contribution in [2.45, 2.75) is 34.1 Å². The van der Waals surface area contributed by atoms with Crippen LogP contribution in [0.15, 0.2) is 24.3 Å². The lowest BCUT2D eigenvalue weighted by Gasteiger charge is -2.20. The number of rotatable bonds is 6. The highest BCUT2D eigenvalue weighted by Gasteiger charge is 2.21. The smallest absolute Gasteiger partial charge is 0.314 e. The summed E-state index contributed by atoms with van der Waals surface area (Å²) in [5.74, 6) is -0.301. The van der Waals surface area contributed by atoms with Gasteiger partial charge in [0.1, 0.15) is 5.75 Å². The summed E-state index contributed by atoms with van der Waals surface area (Å²) in [4.78, 5) is 25.6. The summed E-state index contributed by atoms with van der Waals surface area (Å²) in [6, 6.07) is 7.28. The first kappa shape index (κ1) is 16.2. The fourth-order valence-corrected chi connectivity index (χ4v) is 1.87. The molecule has 0 N–H and O–H groups in total. The summed E-state index contributed by atoms with van der Waals surface area (Å²) in [5.41, 5.74) is 1.11. The average molecular weight is 277 g/mol. The molecule has 1 atom stereocenters. The molecule has 1 aromatic rings. The van der Waals surface area contributed by atoms with Gasteiger partial charge in [0.25, 0.3) is 0 Å². The lowest BCUT2D eigenvalue weighted by atomic mass is 10.1. The van der Waals surface area contributed by atoms with Crippen molar-refractivity contribution in [3.63, 3.8) is 0 Å². The van der Waals surface area contributed by atoms with Crippen LogP contribution in [0.5, 0.6) is 5.75 Å². The largest absolute Gasteiger partial charge is 0.426 e. The van der Waals surface area contributed by atoms with Crippen LogP contribution < -0.4 is 4.74 Å². The van der Waals surface area contributed by atoms with Crippen LogP contribution in [0.3, 0.4) is 0 Å². The minimum absolute atomic E-state index is 0.0108. The van der Waals surface area contributed by atoms with Gasteiger partial charge in [0.05, 0.1) is 5.92 Å². The Bertz CT molecular complexity index is 449. The number of aryl methyl sites for hydroxylation is 1. The number of benzene rings is 1. The number of hydrogen-bond acceptors (Lipinski definition) is 3. The molecule has 0 saturated heterocycles. The van der Waals surface area contributed by atoms with E-state index in [2.05, 4.69) is 0 Å². The Morgan fingerprint density at radius 2 is 1.70 bits per heavy atom. The number of esters is 1. The Balaban J connectivity index is 2.54. The molecule has 1 unspecified atom stereocenters. The van der Waals surface area contributed by atoms with E-state index in [1.54, 1.807) is 24.0 Å². The van der Waals surface area contributed by atoms with Gasteiger partial charge in [-0.1, -0.05) is 24.6 Å². The van der Waals surface area contributed by atoms with E-state index in [1.807, 2.05) is 32.9 Å². The summed E-state index contributed by atoms with van der Waals surface area (Å²) in [6.07, 6.45) is 0.187. The van der Waals surface area contributed by atoms with E-state index in [1.165, 1.54) is 0 Å². The highest BCUT2D eigenvalue weighted by molar-refractivity contribution is 5.83. The van der Waals surface area contributed by atoms with Crippen molar-refractivity contribution in [3.05, 3.63) is 29.8 Å². The van der Waals surface area contributed by atoms with E-state index in [-0.39, 0.29) is 18.3 Å². The van der Waals surface area contributed by atoms with Gasteiger partial charge in [-0.15, -0.1) is 0 Å². The topological polar surface area (TPSA) is 46.6 Å². The molecule has 4 heteroatoms. The van der Waals surface area contributed by atoms with Gasteiger partial charge in [-0.05, 0) is 32.9 Å². The standard InChI is InChI=1S/C16H23NO3/c1-5-17(6-2)15(18)11-13(4)16(19)20-14-9-7-12(3)8-10-14/h7-10,13H,5-6,11H2,1-4H3. The van der Waals surface area contributed by atoms with E-state index in [9.17, 15) is 9.59 Å². The van der Waals surface area contributed by atoms with Crippen LogP contribution in [0.1, 0.15) is 32.8 Å². The van der Waals surface area contributed by atoms with E-state index < -0.39 is 5.92 Å². The molecule has 4 nitrogen and oxygen atoms in total. The molecule has 0 aliphatic rings. The normalized spacial score (nSPS) is 11.8. The molecule has 1 aromatic carbocycles. The van der Waals surface area contributed by atoms with Gasteiger partial charge < -0.3 is 9.64 Å². The Morgan fingerprint density at radius 1 is 1.15 bits per heavy atom. The van der Waals surface area contributed by atoms with E-state index in [4.69, 9.17) is 4.74 Å². The number of hydrogen-bond donors (Lipinski definition) is 0. The van der Waals surface area contributed by atoms with Crippen molar-refractivity contribution < 1.29 is 14.3 Å². The summed E-state index contributed by atoms with van der Waals surface area (Å²) in [7, 11) is 0. The molecule has 1 rings (SSSR count). The van der Waals surface area contributed by atoms with Gasteiger partial charge in [0.15, 0.2) is 0 Å². The van der Waals surface area contributed by atoms with Gasteiger partial charge in [0.2, 0.25) is 5.91 Å². The van der Waals surface area contributed by atoms with Crippen LogP contribution in [0.2, 0.25) is 0 Å². The highest BCUT2D eigenvalue weighted by Crippen LogP contribution is 2.15. The first-order valence-electron chi connectivity index (χ1n) is 7.04. The molecule has 0 fully saturated rings. The Labute approximate surface area is 120 Å². The molecule has 0 aromatic heterocycles. The van der Waals surface area contributed by atoms with Gasteiger partial charge >= 0.3 is 5.97 Å². The molecule has 0 spiro atoms. The van der Waals surface area contributed by atoms with Crippen molar-refractivity contribution >= 4 is 11.9 Å². The van der Waals surface area contributed by atoms with Crippen molar-refractivity contribution in [2.24, 2.45) is 5.92 Å². The predicted molar refractivity (Wildman–Crippen MR) is 78.5 cm³/mol. The monoisotopic (exact) mass is 277 g/mol. The second-order valence-electron chi connectivity index (χ2n) is 4.91. The molecular formula is C16H23NO3. The molecule has 20 heavy (non-hydrogen) atoms. The second-order valence-corrected chi connectivity index (χ2v) is 4.91. The number of carbonyl (C=O) groups is 2. The second kappa shape index (κ2) is 7.68. The van der Waals surface area contributed by atoms with Gasteiger partial charge in [-0.3, -0.25) is 9.59 Å². The fraction of sp³-hybridized carbons (Fsp3) is 0.500. The Kier molecular flexibility index (Phi) is 6.22. The van der Waals surface area contributed by atoms with Gasteiger partial charge in [-0.25, -0.2) is 0 Å². The van der Waals surface area contributed by atoms with E-state index >= 15 is 0 Å². The zero-order valence-corrected chi connectivity index (χ0v) is 12.7. The number of ether oxygens (including phenoxy) is 1. The van der Waals surface area contributed by atoms with Gasteiger partial charge in [-0.2, -0.15) is 0 Å². The molecule has 0 heterocycles. The zero-order chi connectivity index (χ0) is 15.1. The molecule has 1 amide bonds. The van der Waals surface area contributed by atoms with Crippen LogP contribution in [-0.4, -0.2) is 29.9 Å². The quantitative estimate of drug-likeness (QED) is 0.593. The number of amides is 1. The predicted octanol–water partition coefficient (Wildman–Crippen LogP) is 2.80. The maximum Gasteiger partial charge on any atom is 0.314 e. The summed E-state index contributed by atoms with van der Waals surface area (Å²) in [6.45, 7) is 8.87. The van der Waals surface area contributed by atoms with Crippen molar-refractivity contribution in [1.82, 2.24) is 4.90 Å². The summed E-state index contributed by atoms with van der Waals surface area (Å²) in [5, 5.41) is 0. The number of nitrogens with zero attached hydrogens (tertiary/aromatic N) is 1. The SMILES string of the molecule is CCN(CC)C(=O)CC(C)C(=O)Oc1ccc(C)cc1. The lowest BCUT2D eigenvalue weighted by molar-refractivity contribution is -0.143. The van der Waals surface area contributed by atoms with E-state index in [0.717, 1.165) is 5.56 Å². The first-order chi connectivity index (χ1) is 9.47. The van der Waals surface area contributed by atoms with Crippen LogP contribution in [-0.2, 0) is 9.59 Å². The molecule has 110 valence electrons. The van der Waals surface area contributed by atoms with Crippen molar-refractivity contribution in [2.75, 3.05) is 13.1 Å². The van der Waals surface area contributed by atoms with Crippen LogP contribution in [0.4, 0.5) is 0 Å². The Hall–Kier alpha value is -1.84. The molecule has 0 radical (unpaired) electrons. The van der Waals surface area contributed by atoms with Crippen molar-refractivity contribution in [1.29, 1.82) is 0 Å². The minimum atomic E-state index is -0.440.